The van der Waals surface area contributed by atoms with E-state index >= 15 is 0 Å². The normalized spacial score (nSPS) is 25.0. The Balaban J connectivity index is 0.000000451. The SMILES string of the molecule is C/C=C(\C)S(=O)/C1=C/C=CC/C=C\C1.C=C.C=C1C(=O)CCCC1C. The first kappa shape index (κ1) is 23.3. The van der Waals surface area contributed by atoms with Crippen LogP contribution in [-0.2, 0) is 15.6 Å². The number of hydrogen-bond acceptors (Lipinski definition) is 2. The van der Waals surface area contributed by atoms with Gasteiger partial charge in [0.2, 0.25) is 0 Å². The van der Waals surface area contributed by atoms with Crippen molar-refractivity contribution in [3.63, 3.8) is 0 Å². The maximum Gasteiger partial charge on any atom is 0.158 e. The molecule has 3 heteroatoms. The standard InChI is InChI=1S/C12H16OS.C8H12O.C2H4/c1-3-11(2)14(13)12-9-7-5-4-6-8-10-12;1-6-4-3-5-8(9)7(6)2;1-2/h3,5-9H,4,10H2,1-2H3;6H,2-5H2,1H3;1-2H2/b7-5?,8-6-,11-3+,12-9+;;. The van der Waals surface area contributed by atoms with Gasteiger partial charge in [-0.2, -0.15) is 0 Å². The number of allylic oxidation sites excluding steroid dienone is 9. The molecule has 0 aliphatic heterocycles. The predicted octanol–water partition coefficient (Wildman–Crippen LogP) is 6.18. The highest BCUT2D eigenvalue weighted by atomic mass is 32.2. The van der Waals surface area contributed by atoms with Gasteiger partial charge in [-0.3, -0.25) is 4.79 Å². The van der Waals surface area contributed by atoms with Crippen molar-refractivity contribution in [2.45, 2.75) is 52.9 Å². The quantitative estimate of drug-likeness (QED) is 0.435. The monoisotopic (exact) mass is 360 g/mol. The van der Waals surface area contributed by atoms with Crippen LogP contribution < -0.4 is 0 Å². The van der Waals surface area contributed by atoms with Gasteiger partial charge in [0.25, 0.3) is 0 Å². The van der Waals surface area contributed by atoms with Gasteiger partial charge in [-0.1, -0.05) is 43.9 Å². The number of Topliss-reactive ketones (excluding diaryl/α,β-unsaturated/α-hetero) is 1. The molecule has 0 spiro atoms. The smallest absolute Gasteiger partial charge is 0.158 e. The van der Waals surface area contributed by atoms with Crippen LogP contribution in [0.5, 0.6) is 0 Å². The summed E-state index contributed by atoms with van der Waals surface area (Å²) in [6.07, 6.45) is 16.8. The summed E-state index contributed by atoms with van der Waals surface area (Å²) < 4.78 is 11.9. The van der Waals surface area contributed by atoms with E-state index in [1.807, 2.05) is 32.1 Å². The molecule has 0 amide bonds. The molecule has 0 aromatic rings. The number of ketones is 1. The van der Waals surface area contributed by atoms with E-state index in [1.54, 1.807) is 0 Å². The lowest BCUT2D eigenvalue weighted by Crippen LogP contribution is -2.15. The summed E-state index contributed by atoms with van der Waals surface area (Å²) in [6.45, 7) is 15.6. The summed E-state index contributed by atoms with van der Waals surface area (Å²) in [6, 6.07) is 0. The van der Waals surface area contributed by atoms with E-state index in [9.17, 15) is 9.00 Å². The number of rotatable bonds is 2. The molecule has 0 heterocycles. The van der Waals surface area contributed by atoms with Gasteiger partial charge in [0, 0.05) is 16.2 Å². The summed E-state index contributed by atoms with van der Waals surface area (Å²) in [5.74, 6) is 0.708. The van der Waals surface area contributed by atoms with Gasteiger partial charge in [-0.25, -0.2) is 4.21 Å². The van der Waals surface area contributed by atoms with E-state index in [0.717, 1.165) is 47.5 Å². The molecule has 25 heavy (non-hydrogen) atoms. The third-order valence-corrected chi connectivity index (χ3v) is 5.71. The highest BCUT2D eigenvalue weighted by Crippen LogP contribution is 2.24. The first-order chi connectivity index (χ1) is 12.0. The van der Waals surface area contributed by atoms with Crippen LogP contribution in [0.15, 0.2) is 71.6 Å². The highest BCUT2D eigenvalue weighted by molar-refractivity contribution is 7.92. The lowest BCUT2D eigenvalue weighted by molar-refractivity contribution is -0.117. The Morgan fingerprint density at radius 2 is 1.96 bits per heavy atom. The summed E-state index contributed by atoms with van der Waals surface area (Å²) in [4.78, 5) is 12.8. The Morgan fingerprint density at radius 3 is 2.52 bits per heavy atom. The molecule has 2 aliphatic rings. The third kappa shape index (κ3) is 8.78. The van der Waals surface area contributed by atoms with Crippen molar-refractivity contribution >= 4 is 16.6 Å². The predicted molar refractivity (Wildman–Crippen MR) is 112 cm³/mol. The number of carbonyl (C=O) groups excluding carboxylic acids is 1. The number of hydrogen-bond donors (Lipinski definition) is 0. The maximum atomic E-state index is 11.9. The first-order valence-corrected chi connectivity index (χ1v) is 9.89. The number of carbonyl (C=O) groups is 1. The molecule has 0 aromatic heterocycles. The zero-order valence-corrected chi connectivity index (χ0v) is 16.7. The van der Waals surface area contributed by atoms with Crippen molar-refractivity contribution in [2.75, 3.05) is 0 Å². The Kier molecular flexibility index (Phi) is 12.6. The first-order valence-electron chi connectivity index (χ1n) is 8.74. The van der Waals surface area contributed by atoms with Gasteiger partial charge in [-0.05, 0) is 57.1 Å². The van der Waals surface area contributed by atoms with Gasteiger partial charge in [0.05, 0.1) is 10.8 Å². The second-order valence-electron chi connectivity index (χ2n) is 5.88. The van der Waals surface area contributed by atoms with E-state index in [4.69, 9.17) is 0 Å². The van der Waals surface area contributed by atoms with Gasteiger partial charge < -0.3 is 0 Å². The van der Waals surface area contributed by atoms with Crippen LogP contribution in [0.2, 0.25) is 0 Å². The Labute approximate surface area is 156 Å². The molecule has 0 saturated heterocycles. The Morgan fingerprint density at radius 1 is 1.28 bits per heavy atom. The minimum absolute atomic E-state index is 0.272. The van der Waals surface area contributed by atoms with Crippen LogP contribution in [0.25, 0.3) is 0 Å². The molecule has 2 rings (SSSR count). The van der Waals surface area contributed by atoms with E-state index in [0.29, 0.717) is 5.92 Å². The summed E-state index contributed by atoms with van der Waals surface area (Å²) in [7, 11) is -0.950. The molecule has 2 nitrogen and oxygen atoms in total. The van der Waals surface area contributed by atoms with Crippen molar-refractivity contribution < 1.29 is 9.00 Å². The maximum absolute atomic E-state index is 11.9. The fraction of sp³-hybridized carbons (Fsp3) is 0.409. The molecule has 138 valence electrons. The Bertz CT molecular complexity index is 591. The molecule has 0 bridgehead atoms. The molecule has 1 saturated carbocycles. The van der Waals surface area contributed by atoms with Crippen LogP contribution in [0.4, 0.5) is 0 Å². The topological polar surface area (TPSA) is 34.1 Å². The van der Waals surface area contributed by atoms with Crippen molar-refractivity contribution in [2.24, 2.45) is 5.92 Å². The highest BCUT2D eigenvalue weighted by Gasteiger charge is 2.19. The molecule has 1 fully saturated rings. The van der Waals surface area contributed by atoms with Crippen LogP contribution in [-0.4, -0.2) is 9.99 Å². The van der Waals surface area contributed by atoms with Crippen LogP contribution in [0.3, 0.4) is 0 Å². The van der Waals surface area contributed by atoms with Crippen molar-refractivity contribution in [3.8, 4) is 0 Å². The summed E-state index contributed by atoms with van der Waals surface area (Å²) in [5, 5.41) is 0. The molecule has 2 unspecified atom stereocenters. The van der Waals surface area contributed by atoms with Crippen molar-refractivity contribution in [1.29, 1.82) is 0 Å². The lowest BCUT2D eigenvalue weighted by Gasteiger charge is -2.18. The zero-order chi connectivity index (χ0) is 19.2. The van der Waals surface area contributed by atoms with Gasteiger partial charge in [0.1, 0.15) is 0 Å². The summed E-state index contributed by atoms with van der Waals surface area (Å²) in [5.41, 5.74) is 0.834. The third-order valence-electron chi connectivity index (χ3n) is 4.11. The second kappa shape index (κ2) is 13.5. The molecular formula is C22H32O2S. The second-order valence-corrected chi connectivity index (χ2v) is 7.59. The molecule has 0 radical (unpaired) electrons. The Hall–Kier alpha value is -1.74. The largest absolute Gasteiger partial charge is 0.295 e. The zero-order valence-electron chi connectivity index (χ0n) is 15.9. The van der Waals surface area contributed by atoms with Crippen molar-refractivity contribution in [3.05, 3.63) is 71.6 Å². The lowest BCUT2D eigenvalue weighted by atomic mass is 9.86. The van der Waals surface area contributed by atoms with Crippen LogP contribution in [0.1, 0.15) is 52.9 Å². The molecule has 2 atom stereocenters. The average molecular weight is 361 g/mol. The van der Waals surface area contributed by atoms with E-state index in [2.05, 4.69) is 44.9 Å². The fourth-order valence-corrected chi connectivity index (χ4v) is 3.40. The molecule has 0 N–H and O–H groups in total. The van der Waals surface area contributed by atoms with E-state index in [-0.39, 0.29) is 5.78 Å². The molecule has 0 aromatic carbocycles. The minimum Gasteiger partial charge on any atom is -0.295 e. The summed E-state index contributed by atoms with van der Waals surface area (Å²) >= 11 is 0. The van der Waals surface area contributed by atoms with Gasteiger partial charge in [0.15, 0.2) is 5.78 Å². The van der Waals surface area contributed by atoms with E-state index in [1.165, 1.54) is 0 Å². The minimum atomic E-state index is -0.950. The van der Waals surface area contributed by atoms with Gasteiger partial charge >= 0.3 is 0 Å². The molecule has 2 aliphatic carbocycles. The molecular weight excluding hydrogens is 328 g/mol. The van der Waals surface area contributed by atoms with Crippen molar-refractivity contribution in [1.82, 2.24) is 0 Å². The average Bonchev–Trinajstić information content (AvgIpc) is 2.60. The van der Waals surface area contributed by atoms with Crippen LogP contribution >= 0.6 is 0 Å². The fourth-order valence-electron chi connectivity index (χ4n) is 2.33. The van der Waals surface area contributed by atoms with E-state index < -0.39 is 10.8 Å². The van der Waals surface area contributed by atoms with Crippen LogP contribution in [0, 0.1) is 5.92 Å². The van der Waals surface area contributed by atoms with Gasteiger partial charge in [-0.15, -0.1) is 13.2 Å².